The summed E-state index contributed by atoms with van der Waals surface area (Å²) in [6, 6.07) is -0.0552. The molecule has 5 heteroatoms. The minimum Gasteiger partial charge on any atom is -0.340 e. The van der Waals surface area contributed by atoms with Crippen molar-refractivity contribution in [2.45, 2.75) is 64.5 Å². The Morgan fingerprint density at radius 3 is 2.35 bits per heavy atom. The highest BCUT2D eigenvalue weighted by Crippen LogP contribution is 2.27. The molecule has 1 heterocycles. The number of nitrogens with one attached hydrogen (secondary N) is 2. The van der Waals surface area contributed by atoms with Crippen LogP contribution in [0.1, 0.15) is 52.9 Å². The summed E-state index contributed by atoms with van der Waals surface area (Å²) < 4.78 is 0. The summed E-state index contributed by atoms with van der Waals surface area (Å²) >= 11 is 0. The predicted octanol–water partition coefficient (Wildman–Crippen LogP) is 1.88. The van der Waals surface area contributed by atoms with Crippen molar-refractivity contribution in [3.63, 3.8) is 0 Å². The molecule has 0 spiro atoms. The molecule has 0 radical (unpaired) electrons. The van der Waals surface area contributed by atoms with E-state index in [2.05, 4.69) is 10.6 Å². The molecule has 0 aromatic heterocycles. The van der Waals surface area contributed by atoms with Crippen molar-refractivity contribution in [2.24, 2.45) is 5.92 Å². The number of rotatable bonds is 2. The quantitative estimate of drug-likeness (QED) is 0.812. The summed E-state index contributed by atoms with van der Waals surface area (Å²) in [5.41, 5.74) is -0.234. The summed E-state index contributed by atoms with van der Waals surface area (Å²) in [4.78, 5) is 26.1. The first-order valence-corrected chi connectivity index (χ1v) is 7.72. The summed E-state index contributed by atoms with van der Waals surface area (Å²) in [5.74, 6) is 0.528. The second-order valence-electron chi connectivity index (χ2n) is 7.10. The number of carbonyl (C=O) groups is 2. The molecule has 3 amide bonds. The van der Waals surface area contributed by atoms with E-state index in [0.717, 1.165) is 25.8 Å². The third-order valence-electron chi connectivity index (χ3n) is 4.03. The van der Waals surface area contributed by atoms with Crippen molar-refractivity contribution in [1.29, 1.82) is 0 Å². The largest absolute Gasteiger partial charge is 0.340 e. The molecule has 0 aromatic carbocycles. The van der Waals surface area contributed by atoms with Gasteiger partial charge in [0, 0.05) is 30.6 Å². The van der Waals surface area contributed by atoms with Crippen LogP contribution in [0.2, 0.25) is 0 Å². The van der Waals surface area contributed by atoms with E-state index in [4.69, 9.17) is 0 Å². The van der Waals surface area contributed by atoms with Gasteiger partial charge < -0.3 is 15.5 Å². The van der Waals surface area contributed by atoms with Gasteiger partial charge in [0.2, 0.25) is 5.91 Å². The molecule has 2 fully saturated rings. The fourth-order valence-electron chi connectivity index (χ4n) is 3.07. The molecule has 1 saturated heterocycles. The number of likely N-dealkylation sites (tertiary alicyclic amines) is 1. The molecule has 5 nitrogen and oxygen atoms in total. The zero-order valence-corrected chi connectivity index (χ0v) is 12.9. The van der Waals surface area contributed by atoms with Crippen LogP contribution in [0.5, 0.6) is 0 Å². The van der Waals surface area contributed by atoms with Gasteiger partial charge in [-0.15, -0.1) is 0 Å². The van der Waals surface area contributed by atoms with Crippen molar-refractivity contribution in [2.75, 3.05) is 13.1 Å². The highest BCUT2D eigenvalue weighted by molar-refractivity contribution is 5.80. The lowest BCUT2D eigenvalue weighted by molar-refractivity contribution is -0.134. The summed E-state index contributed by atoms with van der Waals surface area (Å²) in [5, 5.41) is 5.86. The van der Waals surface area contributed by atoms with Gasteiger partial charge in [-0.25, -0.2) is 4.79 Å². The van der Waals surface area contributed by atoms with Crippen LogP contribution < -0.4 is 10.6 Å². The monoisotopic (exact) mass is 281 g/mol. The lowest BCUT2D eigenvalue weighted by Gasteiger charge is -2.23. The Balaban J connectivity index is 1.77. The zero-order valence-electron chi connectivity index (χ0n) is 12.9. The van der Waals surface area contributed by atoms with E-state index in [-0.39, 0.29) is 23.5 Å². The maximum atomic E-state index is 12.3. The van der Waals surface area contributed by atoms with Crippen molar-refractivity contribution in [1.82, 2.24) is 15.5 Å². The average molecular weight is 281 g/mol. The summed E-state index contributed by atoms with van der Waals surface area (Å²) in [6.07, 6.45) is 5.30. The molecule has 114 valence electrons. The van der Waals surface area contributed by atoms with Crippen molar-refractivity contribution in [3.8, 4) is 0 Å². The van der Waals surface area contributed by atoms with Gasteiger partial charge in [-0.3, -0.25) is 4.79 Å². The fraction of sp³-hybridized carbons (Fsp3) is 0.867. The predicted molar refractivity (Wildman–Crippen MR) is 78.4 cm³/mol. The van der Waals surface area contributed by atoms with Crippen LogP contribution in [-0.4, -0.2) is 41.5 Å². The number of hydrogen-bond donors (Lipinski definition) is 2. The Morgan fingerprint density at radius 1 is 1.10 bits per heavy atom. The molecule has 2 rings (SSSR count). The topological polar surface area (TPSA) is 61.4 Å². The van der Waals surface area contributed by atoms with Gasteiger partial charge >= 0.3 is 6.03 Å². The van der Waals surface area contributed by atoms with Crippen LogP contribution in [0.15, 0.2) is 0 Å². The maximum Gasteiger partial charge on any atom is 0.315 e. The van der Waals surface area contributed by atoms with E-state index in [9.17, 15) is 9.59 Å². The maximum absolute atomic E-state index is 12.3. The second-order valence-corrected chi connectivity index (χ2v) is 7.10. The summed E-state index contributed by atoms with van der Waals surface area (Å²) in [7, 11) is 0. The van der Waals surface area contributed by atoms with Gasteiger partial charge in [-0.1, -0.05) is 12.8 Å². The van der Waals surface area contributed by atoms with Crippen molar-refractivity contribution >= 4 is 11.9 Å². The van der Waals surface area contributed by atoms with Gasteiger partial charge in [0.05, 0.1) is 0 Å². The third-order valence-corrected chi connectivity index (χ3v) is 4.03. The van der Waals surface area contributed by atoms with E-state index in [1.807, 2.05) is 25.7 Å². The van der Waals surface area contributed by atoms with Crippen LogP contribution in [-0.2, 0) is 4.79 Å². The molecule has 2 N–H and O–H groups in total. The first-order chi connectivity index (χ1) is 9.35. The molecule has 2 aliphatic rings. The van der Waals surface area contributed by atoms with Gasteiger partial charge in [0.15, 0.2) is 0 Å². The Bertz CT molecular complexity index is 370. The SMILES string of the molecule is CC(C)(C)NC(=O)N[C@H]1CCN(C(=O)C2CCCC2)C1. The minimum absolute atomic E-state index is 0.0858. The van der Waals surface area contributed by atoms with Crippen molar-refractivity contribution < 1.29 is 9.59 Å². The minimum atomic E-state index is -0.234. The number of nitrogens with zero attached hydrogens (tertiary/aromatic N) is 1. The summed E-state index contributed by atoms with van der Waals surface area (Å²) in [6.45, 7) is 7.30. The highest BCUT2D eigenvalue weighted by Gasteiger charge is 2.32. The molecular weight excluding hydrogens is 254 g/mol. The van der Waals surface area contributed by atoms with E-state index in [0.29, 0.717) is 12.5 Å². The Labute approximate surface area is 121 Å². The molecule has 1 aliphatic carbocycles. The first kappa shape index (κ1) is 15.1. The molecule has 1 aliphatic heterocycles. The van der Waals surface area contributed by atoms with E-state index in [1.54, 1.807) is 0 Å². The van der Waals surface area contributed by atoms with E-state index in [1.165, 1.54) is 12.8 Å². The van der Waals surface area contributed by atoms with Gasteiger partial charge in [-0.05, 0) is 40.0 Å². The van der Waals surface area contributed by atoms with E-state index >= 15 is 0 Å². The second kappa shape index (κ2) is 6.02. The number of carbonyl (C=O) groups excluding carboxylic acids is 2. The van der Waals surface area contributed by atoms with Crippen LogP contribution in [0, 0.1) is 5.92 Å². The normalized spacial score (nSPS) is 23.9. The van der Waals surface area contributed by atoms with Crippen LogP contribution in [0.3, 0.4) is 0 Å². The van der Waals surface area contributed by atoms with Crippen LogP contribution >= 0.6 is 0 Å². The zero-order chi connectivity index (χ0) is 14.8. The molecule has 0 aromatic rings. The number of hydrogen-bond acceptors (Lipinski definition) is 2. The molecule has 0 bridgehead atoms. The lowest BCUT2D eigenvalue weighted by atomic mass is 10.1. The Morgan fingerprint density at radius 2 is 1.75 bits per heavy atom. The molecule has 0 unspecified atom stereocenters. The Hall–Kier alpha value is -1.26. The van der Waals surface area contributed by atoms with Gasteiger partial charge in [0.25, 0.3) is 0 Å². The van der Waals surface area contributed by atoms with Crippen LogP contribution in [0.4, 0.5) is 4.79 Å². The third kappa shape index (κ3) is 4.12. The number of amides is 3. The molecule has 1 saturated carbocycles. The molecular formula is C15H27N3O2. The van der Waals surface area contributed by atoms with E-state index < -0.39 is 0 Å². The standard InChI is InChI=1S/C15H27N3O2/c1-15(2,3)17-14(20)16-12-8-9-18(10-12)13(19)11-6-4-5-7-11/h11-12H,4-10H2,1-3H3,(H2,16,17,20)/t12-/m0/s1. The van der Waals surface area contributed by atoms with Gasteiger partial charge in [-0.2, -0.15) is 0 Å². The van der Waals surface area contributed by atoms with Crippen molar-refractivity contribution in [3.05, 3.63) is 0 Å². The highest BCUT2D eigenvalue weighted by atomic mass is 16.2. The lowest BCUT2D eigenvalue weighted by Crippen LogP contribution is -2.50. The Kier molecular flexibility index (Phi) is 4.55. The number of urea groups is 1. The smallest absolute Gasteiger partial charge is 0.315 e. The molecule has 20 heavy (non-hydrogen) atoms. The average Bonchev–Trinajstić information content (AvgIpc) is 2.95. The molecule has 1 atom stereocenters. The van der Waals surface area contributed by atoms with Crippen LogP contribution in [0.25, 0.3) is 0 Å². The first-order valence-electron chi connectivity index (χ1n) is 7.72. The fourth-order valence-corrected chi connectivity index (χ4v) is 3.07. The van der Waals surface area contributed by atoms with Gasteiger partial charge in [0.1, 0.15) is 0 Å².